The fourth-order valence-corrected chi connectivity index (χ4v) is 3.87. The summed E-state index contributed by atoms with van der Waals surface area (Å²) in [5.74, 6) is -2.70. The fraction of sp³-hybridized carbons (Fsp3) is 0.905. The van der Waals surface area contributed by atoms with Gasteiger partial charge in [0.2, 0.25) is 0 Å². The molecule has 0 aliphatic rings. The summed E-state index contributed by atoms with van der Waals surface area (Å²) < 4.78 is 35.9. The first-order valence-corrected chi connectivity index (χ1v) is 12.6. The van der Waals surface area contributed by atoms with Crippen molar-refractivity contribution >= 4 is 81.2 Å². The monoisotopic (exact) mass is 484 g/mol. The summed E-state index contributed by atoms with van der Waals surface area (Å²) in [5.41, 5.74) is 0. The van der Waals surface area contributed by atoms with E-state index in [4.69, 9.17) is 14.4 Å². The normalized spacial score (nSPS) is 11.8. The van der Waals surface area contributed by atoms with Gasteiger partial charge in [0.25, 0.3) is 10.1 Å². The molecule has 0 aromatic heterocycles. The van der Waals surface area contributed by atoms with Crippen LogP contribution in [0.3, 0.4) is 0 Å². The number of ether oxygens (including phenoxy) is 1. The molecule has 2 N–H and O–H groups in total. The SMILES string of the molecule is CCCCCCCCCCCCCCCCCOC(=O)C(CC(=O)O)S(=O)(=O)O.[NaH].[NaH]. The first kappa shape index (κ1) is 36.4. The molecule has 0 radical (unpaired) electrons. The molecule has 0 amide bonds. The average Bonchev–Trinajstić information content (AvgIpc) is 2.64. The Labute approximate surface area is 233 Å². The number of carbonyl (C=O) groups excluding carboxylic acids is 1. The van der Waals surface area contributed by atoms with E-state index in [1.165, 1.54) is 70.6 Å². The molecule has 0 bridgehead atoms. The molecule has 1 atom stereocenters. The summed E-state index contributed by atoms with van der Waals surface area (Å²) in [6.07, 6.45) is 17.1. The molecule has 0 rings (SSSR count). The number of rotatable bonds is 20. The topological polar surface area (TPSA) is 118 Å². The van der Waals surface area contributed by atoms with Crippen molar-refractivity contribution in [2.75, 3.05) is 6.61 Å². The minimum absolute atomic E-state index is 0. The van der Waals surface area contributed by atoms with Gasteiger partial charge in [-0.05, 0) is 6.42 Å². The number of aliphatic carboxylic acids is 1. The molecule has 0 aliphatic heterocycles. The molecule has 7 nitrogen and oxygen atoms in total. The van der Waals surface area contributed by atoms with Crippen LogP contribution in [0.15, 0.2) is 0 Å². The Morgan fingerprint density at radius 2 is 1.10 bits per heavy atom. The van der Waals surface area contributed by atoms with Gasteiger partial charge in [-0.2, -0.15) is 8.42 Å². The second-order valence-electron chi connectivity index (χ2n) is 7.72. The second kappa shape index (κ2) is 24.0. The Balaban J connectivity index is -0.00000392. The van der Waals surface area contributed by atoms with E-state index in [1.54, 1.807) is 0 Å². The van der Waals surface area contributed by atoms with Crippen molar-refractivity contribution < 1.29 is 32.4 Å². The van der Waals surface area contributed by atoms with Crippen LogP contribution in [0.5, 0.6) is 0 Å². The maximum atomic E-state index is 11.6. The van der Waals surface area contributed by atoms with E-state index in [0.717, 1.165) is 19.3 Å². The third kappa shape index (κ3) is 23.8. The molecule has 0 aliphatic carbocycles. The predicted octanol–water partition coefficient (Wildman–Crippen LogP) is 3.84. The number of hydrogen-bond donors (Lipinski definition) is 2. The Bertz CT molecular complexity index is 542. The summed E-state index contributed by atoms with van der Waals surface area (Å²) >= 11 is 0. The van der Waals surface area contributed by atoms with Crippen molar-refractivity contribution in [3.05, 3.63) is 0 Å². The van der Waals surface area contributed by atoms with E-state index in [2.05, 4.69) is 6.92 Å². The van der Waals surface area contributed by atoms with Crippen LogP contribution in [-0.4, -0.2) is 101 Å². The number of carboxylic acids is 1. The Morgan fingerprint density at radius 1 is 0.742 bits per heavy atom. The number of unbranched alkanes of at least 4 members (excludes halogenated alkanes) is 14. The van der Waals surface area contributed by atoms with E-state index >= 15 is 0 Å². The molecule has 1 unspecified atom stereocenters. The van der Waals surface area contributed by atoms with Crippen molar-refractivity contribution in [1.29, 1.82) is 0 Å². The molecule has 176 valence electrons. The molecule has 0 spiro atoms. The van der Waals surface area contributed by atoms with Crippen molar-refractivity contribution in [2.45, 2.75) is 115 Å². The molecule has 10 heteroatoms. The van der Waals surface area contributed by atoms with Crippen LogP contribution in [-0.2, 0) is 24.4 Å². The van der Waals surface area contributed by atoms with E-state index < -0.39 is 33.7 Å². The Morgan fingerprint density at radius 3 is 1.42 bits per heavy atom. The zero-order valence-corrected chi connectivity index (χ0v) is 18.8. The van der Waals surface area contributed by atoms with Gasteiger partial charge in [0.15, 0.2) is 5.25 Å². The quantitative estimate of drug-likeness (QED) is 0.117. The molecule has 0 aromatic carbocycles. The standard InChI is InChI=1S/C21H40O7S.2Na.2H/c1-2-3-4-5-6-7-8-9-10-11-12-13-14-15-16-17-28-21(24)19(18-20(22)23)29(25,26)27;;;;/h19H,2-18H2,1H3,(H,22,23)(H,25,26,27);;;;. The summed E-state index contributed by atoms with van der Waals surface area (Å²) in [6, 6.07) is 0. The van der Waals surface area contributed by atoms with Gasteiger partial charge in [-0.1, -0.05) is 96.8 Å². The molecule has 0 fully saturated rings. The van der Waals surface area contributed by atoms with Crippen LogP contribution in [0, 0.1) is 0 Å². The number of carboxylic acid groups (broad SMARTS) is 1. The zero-order chi connectivity index (χ0) is 22.0. The van der Waals surface area contributed by atoms with Crippen LogP contribution in [0.1, 0.15) is 110 Å². The van der Waals surface area contributed by atoms with Gasteiger partial charge in [0.1, 0.15) is 0 Å². The fourth-order valence-electron chi connectivity index (χ4n) is 3.21. The van der Waals surface area contributed by atoms with Crippen LogP contribution in [0.4, 0.5) is 0 Å². The molecule has 0 aromatic rings. The van der Waals surface area contributed by atoms with Gasteiger partial charge < -0.3 is 9.84 Å². The first-order valence-electron chi connectivity index (χ1n) is 11.1. The summed E-state index contributed by atoms with van der Waals surface area (Å²) in [5, 5.41) is 6.57. The van der Waals surface area contributed by atoms with Crippen molar-refractivity contribution in [3.63, 3.8) is 0 Å². The third-order valence-corrected chi connectivity index (χ3v) is 6.05. The molecule has 0 saturated heterocycles. The molecule has 0 saturated carbocycles. The first-order chi connectivity index (χ1) is 13.8. The average molecular weight is 485 g/mol. The summed E-state index contributed by atoms with van der Waals surface area (Å²) in [4.78, 5) is 22.2. The van der Waals surface area contributed by atoms with E-state index in [1.807, 2.05) is 0 Å². The number of hydrogen-bond acceptors (Lipinski definition) is 5. The van der Waals surface area contributed by atoms with E-state index in [-0.39, 0.29) is 65.7 Å². The van der Waals surface area contributed by atoms with Gasteiger partial charge in [-0.15, -0.1) is 0 Å². The van der Waals surface area contributed by atoms with Crippen molar-refractivity contribution in [3.8, 4) is 0 Å². The number of carbonyl (C=O) groups is 2. The Hall–Kier alpha value is 0.850. The van der Waals surface area contributed by atoms with E-state index in [0.29, 0.717) is 6.42 Å². The van der Waals surface area contributed by atoms with Crippen LogP contribution in [0.2, 0.25) is 0 Å². The third-order valence-electron chi connectivity index (χ3n) is 4.97. The van der Waals surface area contributed by atoms with Crippen molar-refractivity contribution in [2.24, 2.45) is 0 Å². The van der Waals surface area contributed by atoms with E-state index in [9.17, 15) is 18.0 Å². The summed E-state index contributed by atoms with van der Waals surface area (Å²) in [7, 11) is -4.79. The van der Waals surface area contributed by atoms with Gasteiger partial charge in [-0.3, -0.25) is 14.1 Å². The Kier molecular flexibility index (Phi) is 28.2. The minimum atomic E-state index is -4.79. The predicted molar refractivity (Wildman–Crippen MR) is 128 cm³/mol. The second-order valence-corrected chi connectivity index (χ2v) is 9.32. The van der Waals surface area contributed by atoms with Crippen LogP contribution < -0.4 is 0 Å². The van der Waals surface area contributed by atoms with Crippen molar-refractivity contribution in [1.82, 2.24) is 0 Å². The molecular weight excluding hydrogens is 442 g/mol. The zero-order valence-electron chi connectivity index (χ0n) is 17.9. The molecule has 31 heavy (non-hydrogen) atoms. The number of esters is 1. The van der Waals surface area contributed by atoms with Crippen LogP contribution >= 0.6 is 0 Å². The molecule has 0 heterocycles. The van der Waals surface area contributed by atoms with Gasteiger partial charge in [0, 0.05) is 0 Å². The summed E-state index contributed by atoms with van der Waals surface area (Å²) in [6.45, 7) is 2.27. The van der Waals surface area contributed by atoms with Crippen LogP contribution in [0.25, 0.3) is 0 Å². The molecular formula is C21H42Na2O7S. The maximum absolute atomic E-state index is 11.6. The van der Waals surface area contributed by atoms with Gasteiger partial charge in [0.05, 0.1) is 13.0 Å². The van der Waals surface area contributed by atoms with Gasteiger partial charge in [-0.25, -0.2) is 0 Å². The van der Waals surface area contributed by atoms with Gasteiger partial charge >= 0.3 is 71.1 Å².